The van der Waals surface area contributed by atoms with Crippen molar-refractivity contribution in [3.63, 3.8) is 0 Å². The molecule has 0 bridgehead atoms. The summed E-state index contributed by atoms with van der Waals surface area (Å²) in [6.07, 6.45) is 7.14. The number of ketones is 1. The summed E-state index contributed by atoms with van der Waals surface area (Å²) in [7, 11) is 1.87. The summed E-state index contributed by atoms with van der Waals surface area (Å²) in [5.41, 5.74) is 1.90. The van der Waals surface area contributed by atoms with Crippen LogP contribution in [0.2, 0.25) is 0 Å². The van der Waals surface area contributed by atoms with Crippen LogP contribution in [-0.2, 0) is 7.05 Å². The molecule has 1 aliphatic rings. The maximum absolute atomic E-state index is 12.9. The minimum absolute atomic E-state index is 0.0499. The molecule has 7 nitrogen and oxygen atoms in total. The van der Waals surface area contributed by atoms with Crippen LogP contribution in [0.5, 0.6) is 0 Å². The zero-order valence-electron chi connectivity index (χ0n) is 15.5. The van der Waals surface area contributed by atoms with Crippen molar-refractivity contribution in [2.24, 2.45) is 13.0 Å². The molecule has 4 rings (SSSR count). The number of aryl methyl sites for hydroxylation is 1. The number of rotatable bonds is 4. The van der Waals surface area contributed by atoms with E-state index in [0.717, 1.165) is 36.5 Å². The van der Waals surface area contributed by atoms with Gasteiger partial charge in [0.25, 0.3) is 0 Å². The molecule has 136 valence electrons. The van der Waals surface area contributed by atoms with Gasteiger partial charge in [-0.25, -0.2) is 9.97 Å². The lowest BCUT2D eigenvalue weighted by atomic mass is 9.93. The Labute approximate surface area is 152 Å². The number of Topliss-reactive ketones (excluding diaryl/α,β-unsaturated/α-hetero) is 1. The van der Waals surface area contributed by atoms with Crippen LogP contribution in [0.3, 0.4) is 0 Å². The van der Waals surface area contributed by atoms with Crippen LogP contribution in [-0.4, -0.2) is 43.0 Å². The van der Waals surface area contributed by atoms with E-state index in [4.69, 9.17) is 4.98 Å². The number of aromatic nitrogens is 5. The number of carbonyl (C=O) groups excluding carboxylic acids is 1. The van der Waals surface area contributed by atoms with E-state index in [1.165, 1.54) is 0 Å². The standard InChI is InChI=1S/C19H24N6O/c1-13(2)15-11-17(25-16(22-15)6-7-21-25)24-9-4-5-14(12-24)18(26)19-20-8-10-23(19)3/h6-8,10-11,13-14H,4-5,9,12H2,1-3H3/t14-/m1/s1. The third-order valence-corrected chi connectivity index (χ3v) is 5.11. The molecule has 0 aliphatic carbocycles. The minimum Gasteiger partial charge on any atom is -0.356 e. The molecule has 0 aromatic carbocycles. The summed E-state index contributed by atoms with van der Waals surface area (Å²) in [6.45, 7) is 5.88. The van der Waals surface area contributed by atoms with E-state index in [2.05, 4.69) is 34.9 Å². The fourth-order valence-electron chi connectivity index (χ4n) is 3.62. The Morgan fingerprint density at radius 3 is 2.88 bits per heavy atom. The molecule has 26 heavy (non-hydrogen) atoms. The van der Waals surface area contributed by atoms with Crippen LogP contribution in [0, 0.1) is 5.92 Å². The van der Waals surface area contributed by atoms with Gasteiger partial charge in [-0.3, -0.25) is 4.79 Å². The van der Waals surface area contributed by atoms with Crippen molar-refractivity contribution in [2.75, 3.05) is 18.0 Å². The molecule has 0 N–H and O–H groups in total. The fraction of sp³-hybridized carbons (Fsp3) is 0.474. The lowest BCUT2D eigenvalue weighted by Gasteiger charge is -2.33. The van der Waals surface area contributed by atoms with Crippen LogP contribution in [0.1, 0.15) is 48.9 Å². The highest BCUT2D eigenvalue weighted by molar-refractivity contribution is 5.95. The van der Waals surface area contributed by atoms with E-state index in [-0.39, 0.29) is 11.7 Å². The van der Waals surface area contributed by atoms with Gasteiger partial charge in [-0.05, 0) is 18.8 Å². The Kier molecular flexibility index (Phi) is 4.22. The van der Waals surface area contributed by atoms with E-state index in [1.807, 2.05) is 23.8 Å². The van der Waals surface area contributed by atoms with Crippen molar-refractivity contribution in [3.8, 4) is 0 Å². The highest BCUT2D eigenvalue weighted by Crippen LogP contribution is 2.27. The molecule has 1 saturated heterocycles. The molecule has 0 spiro atoms. The van der Waals surface area contributed by atoms with Gasteiger partial charge < -0.3 is 9.47 Å². The Morgan fingerprint density at radius 1 is 1.31 bits per heavy atom. The molecule has 7 heteroatoms. The molecule has 0 unspecified atom stereocenters. The van der Waals surface area contributed by atoms with Crippen molar-refractivity contribution < 1.29 is 4.79 Å². The number of piperidine rings is 1. The van der Waals surface area contributed by atoms with E-state index >= 15 is 0 Å². The summed E-state index contributed by atoms with van der Waals surface area (Å²) in [4.78, 5) is 24.1. The van der Waals surface area contributed by atoms with Crippen LogP contribution in [0.25, 0.3) is 5.65 Å². The molecular weight excluding hydrogens is 328 g/mol. The fourth-order valence-corrected chi connectivity index (χ4v) is 3.62. The first-order chi connectivity index (χ1) is 12.5. The summed E-state index contributed by atoms with van der Waals surface area (Å²) in [6, 6.07) is 4.04. The van der Waals surface area contributed by atoms with Gasteiger partial charge in [-0.1, -0.05) is 13.8 Å². The first kappa shape index (κ1) is 16.8. The molecule has 1 fully saturated rings. The van der Waals surface area contributed by atoms with Crippen LogP contribution in [0.4, 0.5) is 5.82 Å². The normalized spacial score (nSPS) is 18.0. The van der Waals surface area contributed by atoms with Gasteiger partial charge in [0.05, 0.1) is 6.20 Å². The van der Waals surface area contributed by atoms with Crippen LogP contribution >= 0.6 is 0 Å². The smallest absolute Gasteiger partial charge is 0.203 e. The minimum atomic E-state index is -0.0499. The molecule has 3 aromatic heterocycles. The average Bonchev–Trinajstić information content (AvgIpc) is 3.28. The number of hydrogen-bond donors (Lipinski definition) is 0. The van der Waals surface area contributed by atoms with Crippen molar-refractivity contribution >= 4 is 17.2 Å². The zero-order chi connectivity index (χ0) is 18.3. The summed E-state index contributed by atoms with van der Waals surface area (Å²) >= 11 is 0. The topological polar surface area (TPSA) is 68.3 Å². The van der Waals surface area contributed by atoms with Gasteiger partial charge >= 0.3 is 0 Å². The predicted octanol–water partition coefficient (Wildman–Crippen LogP) is 2.69. The Balaban J connectivity index is 1.66. The van der Waals surface area contributed by atoms with Gasteiger partial charge in [0.1, 0.15) is 5.82 Å². The second-order valence-electron chi connectivity index (χ2n) is 7.31. The van der Waals surface area contributed by atoms with Crippen molar-refractivity contribution in [1.82, 2.24) is 24.1 Å². The lowest BCUT2D eigenvalue weighted by Crippen LogP contribution is -2.40. The number of anilines is 1. The van der Waals surface area contributed by atoms with Crippen molar-refractivity contribution in [1.29, 1.82) is 0 Å². The molecule has 0 saturated carbocycles. The second-order valence-corrected chi connectivity index (χ2v) is 7.31. The monoisotopic (exact) mass is 352 g/mol. The summed E-state index contributed by atoms with van der Waals surface area (Å²) < 4.78 is 3.68. The van der Waals surface area contributed by atoms with E-state index < -0.39 is 0 Å². The largest absolute Gasteiger partial charge is 0.356 e. The average molecular weight is 352 g/mol. The number of hydrogen-bond acceptors (Lipinski definition) is 5. The van der Waals surface area contributed by atoms with Gasteiger partial charge in [0.2, 0.25) is 5.78 Å². The third-order valence-electron chi connectivity index (χ3n) is 5.11. The number of carbonyl (C=O) groups is 1. The maximum Gasteiger partial charge on any atom is 0.203 e. The van der Waals surface area contributed by atoms with Crippen molar-refractivity contribution in [3.05, 3.63) is 42.2 Å². The molecule has 1 aliphatic heterocycles. The first-order valence-corrected chi connectivity index (χ1v) is 9.15. The molecule has 4 heterocycles. The molecule has 1 atom stereocenters. The number of nitrogens with zero attached hydrogens (tertiary/aromatic N) is 6. The third kappa shape index (κ3) is 2.87. The van der Waals surface area contributed by atoms with Crippen LogP contribution < -0.4 is 4.90 Å². The Bertz CT molecular complexity index is 941. The molecular formula is C19H24N6O. The van der Waals surface area contributed by atoms with Gasteiger partial charge in [-0.2, -0.15) is 9.61 Å². The van der Waals surface area contributed by atoms with E-state index in [9.17, 15) is 4.79 Å². The van der Waals surface area contributed by atoms with Crippen molar-refractivity contribution in [2.45, 2.75) is 32.6 Å². The maximum atomic E-state index is 12.9. The summed E-state index contributed by atoms with van der Waals surface area (Å²) in [5.74, 6) is 1.96. The Morgan fingerprint density at radius 2 is 2.15 bits per heavy atom. The lowest BCUT2D eigenvalue weighted by molar-refractivity contribution is 0.0893. The zero-order valence-corrected chi connectivity index (χ0v) is 15.5. The molecule has 3 aromatic rings. The first-order valence-electron chi connectivity index (χ1n) is 9.15. The van der Waals surface area contributed by atoms with E-state index in [1.54, 1.807) is 17.0 Å². The summed E-state index contributed by atoms with van der Waals surface area (Å²) in [5, 5.41) is 4.44. The quantitative estimate of drug-likeness (QED) is 0.675. The SMILES string of the molecule is CC(C)c1cc(N2CCC[C@@H](C(=O)c3nccn3C)C2)n2nccc2n1. The highest BCUT2D eigenvalue weighted by Gasteiger charge is 2.30. The van der Waals surface area contributed by atoms with Gasteiger partial charge in [0, 0.05) is 56.3 Å². The number of imidazole rings is 1. The number of fused-ring (bicyclic) bond motifs is 1. The second kappa shape index (κ2) is 6.55. The van der Waals surface area contributed by atoms with E-state index in [0.29, 0.717) is 18.3 Å². The molecule has 0 amide bonds. The predicted molar refractivity (Wildman–Crippen MR) is 99.6 cm³/mol. The Hall–Kier alpha value is -2.70. The van der Waals surface area contributed by atoms with Crippen LogP contribution in [0.15, 0.2) is 30.7 Å². The molecule has 0 radical (unpaired) electrons. The van der Waals surface area contributed by atoms with Gasteiger partial charge in [-0.15, -0.1) is 0 Å². The highest BCUT2D eigenvalue weighted by atomic mass is 16.1. The van der Waals surface area contributed by atoms with Gasteiger partial charge in [0.15, 0.2) is 11.5 Å².